The molecule has 0 spiro atoms. The Balaban J connectivity index is 4.19. The second kappa shape index (κ2) is 4.24. The number of rotatable bonds is 5. The topological polar surface area (TPSA) is 54.4 Å². The number of aliphatic carboxylic acids is 1. The minimum absolute atomic E-state index is 0.647. The Morgan fingerprint density at radius 1 is 1.33 bits per heavy atom. The van der Waals surface area contributed by atoms with Crippen LogP contribution >= 0.6 is 0 Å². The van der Waals surface area contributed by atoms with Crippen molar-refractivity contribution in [1.82, 2.24) is 0 Å². The fourth-order valence-electron chi connectivity index (χ4n) is 1.02. The summed E-state index contributed by atoms with van der Waals surface area (Å²) in [5, 5.41) is 8.47. The predicted molar refractivity (Wildman–Crippen MR) is 45.9 cm³/mol. The van der Waals surface area contributed by atoms with Gasteiger partial charge >= 0.3 is 5.97 Å². The van der Waals surface area contributed by atoms with E-state index in [1.807, 2.05) is 6.92 Å². The fourth-order valence-corrected chi connectivity index (χ4v) is 1.02. The van der Waals surface area contributed by atoms with Crippen molar-refractivity contribution in [2.45, 2.75) is 40.0 Å². The first-order chi connectivity index (χ1) is 5.41. The molecule has 3 nitrogen and oxygen atoms in total. The van der Waals surface area contributed by atoms with Crippen molar-refractivity contribution in [2.75, 3.05) is 0 Å². The summed E-state index contributed by atoms with van der Waals surface area (Å²) in [5.74, 6) is -2.01. The molecule has 0 atom stereocenters. The molecule has 3 heteroatoms. The Labute approximate surface area is 72.8 Å². The summed E-state index contributed by atoms with van der Waals surface area (Å²) >= 11 is 0. The first-order valence-corrected chi connectivity index (χ1v) is 4.19. The number of carboxylic acid groups (broad SMARTS) is 1. The van der Waals surface area contributed by atoms with E-state index in [0.717, 1.165) is 12.8 Å². The summed E-state index contributed by atoms with van der Waals surface area (Å²) < 4.78 is 0. The van der Waals surface area contributed by atoms with Gasteiger partial charge in [0.15, 0.2) is 0 Å². The molecule has 0 fully saturated rings. The molecule has 0 amide bonds. The molecule has 0 aliphatic carbocycles. The van der Waals surface area contributed by atoms with Gasteiger partial charge in [0.05, 0.1) is 0 Å². The summed E-state index contributed by atoms with van der Waals surface area (Å²) in [4.78, 5) is 21.4. The highest BCUT2D eigenvalue weighted by molar-refractivity contribution is 6.34. The average Bonchev–Trinajstić information content (AvgIpc) is 1.99. The molecule has 0 bridgehead atoms. The molecule has 0 aromatic rings. The smallest absolute Gasteiger partial charge is 0.372 e. The van der Waals surface area contributed by atoms with Crippen molar-refractivity contribution >= 4 is 11.8 Å². The summed E-state index contributed by atoms with van der Waals surface area (Å²) in [6.45, 7) is 5.37. The second-order valence-corrected chi connectivity index (χ2v) is 3.62. The van der Waals surface area contributed by atoms with Crippen LogP contribution in [0.25, 0.3) is 0 Å². The number of ketones is 1. The van der Waals surface area contributed by atoms with E-state index in [-0.39, 0.29) is 0 Å². The van der Waals surface area contributed by atoms with Crippen molar-refractivity contribution < 1.29 is 14.7 Å². The molecule has 0 unspecified atom stereocenters. The number of hydrogen-bond donors (Lipinski definition) is 1. The third-order valence-electron chi connectivity index (χ3n) is 1.96. The molecule has 0 aliphatic heterocycles. The predicted octanol–water partition coefficient (Wildman–Crippen LogP) is 1.86. The third kappa shape index (κ3) is 3.03. The number of carbonyl (C=O) groups excluding carboxylic acids is 1. The molecular weight excluding hydrogens is 156 g/mol. The van der Waals surface area contributed by atoms with Crippen molar-refractivity contribution in [1.29, 1.82) is 0 Å². The van der Waals surface area contributed by atoms with Gasteiger partial charge in [-0.1, -0.05) is 33.6 Å². The highest BCUT2D eigenvalue weighted by Crippen LogP contribution is 2.24. The molecule has 1 N–H and O–H groups in total. The summed E-state index contributed by atoms with van der Waals surface area (Å²) in [7, 11) is 0. The lowest BCUT2D eigenvalue weighted by Crippen LogP contribution is -2.30. The van der Waals surface area contributed by atoms with Crippen LogP contribution in [0, 0.1) is 5.41 Å². The molecule has 0 heterocycles. The summed E-state index contributed by atoms with van der Waals surface area (Å²) in [5.41, 5.74) is -0.707. The Kier molecular flexibility index (Phi) is 3.93. The normalized spacial score (nSPS) is 11.2. The lowest BCUT2D eigenvalue weighted by atomic mass is 9.83. The lowest BCUT2D eigenvalue weighted by molar-refractivity contribution is -0.153. The molecular formula is C9H16O3. The Morgan fingerprint density at radius 3 is 2.17 bits per heavy atom. The van der Waals surface area contributed by atoms with Gasteiger partial charge in [0.25, 0.3) is 0 Å². The van der Waals surface area contributed by atoms with Crippen LogP contribution < -0.4 is 0 Å². The van der Waals surface area contributed by atoms with Crippen LogP contribution in [0.3, 0.4) is 0 Å². The standard InChI is InChI=1S/C9H16O3/c1-4-5-6-9(2,3)7(10)8(11)12/h4-6H2,1-3H3,(H,11,12). The van der Waals surface area contributed by atoms with Gasteiger partial charge in [-0.2, -0.15) is 0 Å². The monoisotopic (exact) mass is 172 g/mol. The summed E-state index contributed by atoms with van der Waals surface area (Å²) in [6.07, 6.45) is 2.52. The van der Waals surface area contributed by atoms with Gasteiger partial charge in [-0.3, -0.25) is 4.79 Å². The van der Waals surface area contributed by atoms with E-state index in [1.165, 1.54) is 0 Å². The maximum atomic E-state index is 11.1. The van der Waals surface area contributed by atoms with Gasteiger partial charge in [0.1, 0.15) is 0 Å². The van der Waals surface area contributed by atoms with Gasteiger partial charge in [-0.05, 0) is 6.42 Å². The Morgan fingerprint density at radius 2 is 1.83 bits per heavy atom. The number of Topliss-reactive ketones (excluding diaryl/α,β-unsaturated/α-hetero) is 1. The lowest BCUT2D eigenvalue weighted by Gasteiger charge is -2.19. The van der Waals surface area contributed by atoms with E-state index < -0.39 is 17.2 Å². The van der Waals surface area contributed by atoms with E-state index in [2.05, 4.69) is 0 Å². The van der Waals surface area contributed by atoms with Crippen LogP contribution in [-0.2, 0) is 9.59 Å². The third-order valence-corrected chi connectivity index (χ3v) is 1.96. The maximum absolute atomic E-state index is 11.1. The van der Waals surface area contributed by atoms with E-state index >= 15 is 0 Å². The molecule has 0 aliphatic rings. The molecule has 0 rings (SSSR count). The van der Waals surface area contributed by atoms with E-state index in [9.17, 15) is 9.59 Å². The van der Waals surface area contributed by atoms with Crippen molar-refractivity contribution in [3.63, 3.8) is 0 Å². The summed E-state index contributed by atoms with van der Waals surface area (Å²) in [6, 6.07) is 0. The van der Waals surface area contributed by atoms with Gasteiger partial charge in [-0.25, -0.2) is 4.79 Å². The number of unbranched alkanes of at least 4 members (excludes halogenated alkanes) is 1. The Hall–Kier alpha value is -0.860. The van der Waals surface area contributed by atoms with Crippen LogP contribution in [0.4, 0.5) is 0 Å². The van der Waals surface area contributed by atoms with Crippen molar-refractivity contribution in [3.8, 4) is 0 Å². The SMILES string of the molecule is CCCCC(C)(C)C(=O)C(=O)O. The average molecular weight is 172 g/mol. The quantitative estimate of drug-likeness (QED) is 0.644. The molecule has 12 heavy (non-hydrogen) atoms. The first-order valence-electron chi connectivity index (χ1n) is 4.19. The van der Waals surface area contributed by atoms with E-state index in [4.69, 9.17) is 5.11 Å². The molecule has 0 aromatic carbocycles. The zero-order valence-corrected chi connectivity index (χ0v) is 7.89. The number of carboxylic acids is 1. The second-order valence-electron chi connectivity index (χ2n) is 3.62. The first kappa shape index (κ1) is 11.1. The maximum Gasteiger partial charge on any atom is 0.372 e. The van der Waals surface area contributed by atoms with Crippen LogP contribution in [0.2, 0.25) is 0 Å². The van der Waals surface area contributed by atoms with E-state index in [1.54, 1.807) is 13.8 Å². The highest BCUT2D eigenvalue weighted by Gasteiger charge is 2.31. The zero-order chi connectivity index (χ0) is 9.78. The number of carbonyl (C=O) groups is 2. The molecule has 0 saturated heterocycles. The largest absolute Gasteiger partial charge is 0.475 e. The highest BCUT2D eigenvalue weighted by atomic mass is 16.4. The van der Waals surface area contributed by atoms with Crippen LogP contribution in [-0.4, -0.2) is 16.9 Å². The molecule has 0 radical (unpaired) electrons. The van der Waals surface area contributed by atoms with Gasteiger partial charge in [0, 0.05) is 5.41 Å². The van der Waals surface area contributed by atoms with Gasteiger partial charge in [0.2, 0.25) is 5.78 Å². The van der Waals surface area contributed by atoms with Crippen LogP contribution in [0.1, 0.15) is 40.0 Å². The van der Waals surface area contributed by atoms with Crippen molar-refractivity contribution in [2.24, 2.45) is 5.41 Å². The zero-order valence-electron chi connectivity index (χ0n) is 7.89. The fraction of sp³-hybridized carbons (Fsp3) is 0.778. The minimum Gasteiger partial charge on any atom is -0.475 e. The van der Waals surface area contributed by atoms with E-state index in [0.29, 0.717) is 6.42 Å². The van der Waals surface area contributed by atoms with Gasteiger partial charge < -0.3 is 5.11 Å². The Bertz CT molecular complexity index is 182. The molecule has 70 valence electrons. The van der Waals surface area contributed by atoms with Crippen molar-refractivity contribution in [3.05, 3.63) is 0 Å². The van der Waals surface area contributed by atoms with Crippen LogP contribution in [0.15, 0.2) is 0 Å². The molecule has 0 saturated carbocycles. The number of hydrogen-bond acceptors (Lipinski definition) is 2. The molecule has 0 aromatic heterocycles. The van der Waals surface area contributed by atoms with Gasteiger partial charge in [-0.15, -0.1) is 0 Å². The van der Waals surface area contributed by atoms with Crippen LogP contribution in [0.5, 0.6) is 0 Å². The minimum atomic E-state index is -1.32.